The highest BCUT2D eigenvalue weighted by Crippen LogP contribution is 2.42. The number of carbonyl (C=O) groups is 4. The number of fused-ring (bicyclic) bond motifs is 2. The molecule has 3 aromatic carbocycles. The number of benzene rings is 3. The van der Waals surface area contributed by atoms with Gasteiger partial charge in [0, 0.05) is 16.5 Å². The Kier molecular flexibility index (Phi) is 7.52. The number of methoxy groups -OCH3 is 1. The van der Waals surface area contributed by atoms with Gasteiger partial charge in [-0.2, -0.15) is 0 Å². The zero-order valence-electron chi connectivity index (χ0n) is 24.3. The van der Waals surface area contributed by atoms with Crippen LogP contribution < -0.4 is 9.64 Å². The van der Waals surface area contributed by atoms with Crippen molar-refractivity contribution in [3.63, 3.8) is 0 Å². The predicted octanol–water partition coefficient (Wildman–Crippen LogP) is 6.18. The van der Waals surface area contributed by atoms with E-state index < -0.39 is 12.6 Å². The van der Waals surface area contributed by atoms with Crippen LogP contribution in [0.4, 0.5) is 5.69 Å². The Morgan fingerprint density at radius 1 is 0.930 bits per heavy atom. The van der Waals surface area contributed by atoms with Crippen LogP contribution in [0.15, 0.2) is 72.8 Å². The fourth-order valence-electron chi connectivity index (χ4n) is 6.20. The van der Waals surface area contributed by atoms with Crippen molar-refractivity contribution >= 4 is 40.2 Å². The van der Waals surface area contributed by atoms with Gasteiger partial charge in [-0.3, -0.25) is 19.3 Å². The summed E-state index contributed by atoms with van der Waals surface area (Å²) in [5, 5.41) is 0.618. The number of esters is 1. The Morgan fingerprint density at radius 2 is 1.65 bits per heavy atom. The molecule has 2 amide bonds. The lowest BCUT2D eigenvalue weighted by Gasteiger charge is -2.25. The minimum absolute atomic E-state index is 0.122. The summed E-state index contributed by atoms with van der Waals surface area (Å²) >= 11 is 0. The third kappa shape index (κ3) is 5.29. The van der Waals surface area contributed by atoms with Crippen LogP contribution in [0.1, 0.15) is 52.5 Å². The van der Waals surface area contributed by atoms with Crippen LogP contribution in [0.5, 0.6) is 5.75 Å². The molecular formula is C35H32N2O6. The first-order valence-electron chi connectivity index (χ1n) is 14.5. The molecule has 0 N–H and O–H groups in total. The zero-order chi connectivity index (χ0) is 30.2. The smallest absolute Gasteiger partial charge is 0.339 e. The molecule has 8 heteroatoms. The Morgan fingerprint density at radius 3 is 2.37 bits per heavy atom. The fraction of sp³-hybridized carbons (Fsp3) is 0.286. The number of ether oxygens (including phenoxy) is 2. The topological polar surface area (TPSA) is 103 Å². The maximum atomic E-state index is 13.3. The van der Waals surface area contributed by atoms with Gasteiger partial charge in [0.2, 0.25) is 11.8 Å². The molecule has 1 aromatic heterocycles. The molecule has 1 saturated carbocycles. The van der Waals surface area contributed by atoms with Gasteiger partial charge in [0.25, 0.3) is 0 Å². The minimum Gasteiger partial charge on any atom is -0.497 e. The average Bonchev–Trinajstić information content (AvgIpc) is 3.27. The van der Waals surface area contributed by atoms with Crippen LogP contribution in [0.3, 0.4) is 0 Å². The molecule has 8 nitrogen and oxygen atoms in total. The third-order valence-corrected chi connectivity index (χ3v) is 8.62. The normalized spacial score (nSPS) is 19.8. The predicted molar refractivity (Wildman–Crippen MR) is 162 cm³/mol. The number of aromatic nitrogens is 1. The lowest BCUT2D eigenvalue weighted by Crippen LogP contribution is -2.30. The summed E-state index contributed by atoms with van der Waals surface area (Å²) in [4.78, 5) is 58.5. The molecule has 218 valence electrons. The van der Waals surface area contributed by atoms with Crippen LogP contribution in [-0.2, 0) is 14.3 Å². The van der Waals surface area contributed by atoms with Crippen molar-refractivity contribution in [2.75, 3.05) is 18.6 Å². The van der Waals surface area contributed by atoms with E-state index in [1.165, 1.54) is 4.90 Å². The van der Waals surface area contributed by atoms with Crippen molar-refractivity contribution in [3.8, 4) is 17.0 Å². The number of para-hydroxylation sites is 1. The number of rotatable bonds is 7. The second-order valence-electron chi connectivity index (χ2n) is 11.4. The number of amides is 2. The maximum Gasteiger partial charge on any atom is 0.339 e. The van der Waals surface area contributed by atoms with Crippen molar-refractivity contribution in [2.24, 2.45) is 17.8 Å². The third-order valence-electron chi connectivity index (χ3n) is 8.62. The number of imide groups is 1. The standard InChI is InChI=1S/C35H32N2O6/c1-20-7-16-27-28(17-20)34(40)37(33(27)39)24-12-8-22(9-13-24)30-18-29(26-6-4-5-21(2)32(26)36-30)35(41)43-19-31(38)23-10-14-25(42-3)15-11-23/h4-6,8-15,18,20,27-28H,7,16-17,19H2,1-3H3. The van der Waals surface area contributed by atoms with E-state index >= 15 is 0 Å². The van der Waals surface area contributed by atoms with E-state index in [1.54, 1.807) is 67.8 Å². The van der Waals surface area contributed by atoms with Gasteiger partial charge in [-0.25, -0.2) is 9.78 Å². The van der Waals surface area contributed by atoms with E-state index in [-0.39, 0.29) is 29.4 Å². The molecule has 1 aliphatic carbocycles. The van der Waals surface area contributed by atoms with Crippen molar-refractivity contribution in [1.82, 2.24) is 4.98 Å². The number of carbonyl (C=O) groups excluding carboxylic acids is 4. The molecule has 6 rings (SSSR count). The molecule has 2 heterocycles. The van der Waals surface area contributed by atoms with E-state index in [1.807, 2.05) is 19.1 Å². The first-order valence-corrected chi connectivity index (χ1v) is 14.5. The van der Waals surface area contributed by atoms with Crippen LogP contribution in [0.2, 0.25) is 0 Å². The van der Waals surface area contributed by atoms with Crippen LogP contribution in [0, 0.1) is 24.7 Å². The molecule has 0 radical (unpaired) electrons. The van der Waals surface area contributed by atoms with Crippen LogP contribution in [0.25, 0.3) is 22.2 Å². The number of hydrogen-bond acceptors (Lipinski definition) is 7. The van der Waals surface area contributed by atoms with Crippen molar-refractivity contribution in [1.29, 1.82) is 0 Å². The van der Waals surface area contributed by atoms with Gasteiger partial charge in [0.05, 0.1) is 41.4 Å². The molecule has 3 atom stereocenters. The summed E-state index contributed by atoms with van der Waals surface area (Å²) in [6.07, 6.45) is 2.45. The van der Waals surface area contributed by atoms with Crippen molar-refractivity contribution in [3.05, 3.63) is 89.5 Å². The largest absolute Gasteiger partial charge is 0.497 e. The molecule has 43 heavy (non-hydrogen) atoms. The number of hydrogen-bond donors (Lipinski definition) is 0. The summed E-state index contributed by atoms with van der Waals surface area (Å²) in [5.74, 6) is -0.635. The van der Waals surface area contributed by atoms with E-state index in [2.05, 4.69) is 6.92 Å². The Labute approximate surface area is 249 Å². The van der Waals surface area contributed by atoms with E-state index in [9.17, 15) is 19.2 Å². The van der Waals surface area contributed by atoms with Crippen LogP contribution in [-0.4, -0.2) is 42.3 Å². The van der Waals surface area contributed by atoms with Crippen molar-refractivity contribution < 1.29 is 28.7 Å². The molecule has 2 fully saturated rings. The van der Waals surface area contributed by atoms with Gasteiger partial charge in [-0.15, -0.1) is 0 Å². The highest BCUT2D eigenvalue weighted by atomic mass is 16.5. The molecule has 0 bridgehead atoms. The average molecular weight is 577 g/mol. The van der Waals surface area contributed by atoms with E-state index in [0.717, 1.165) is 24.8 Å². The molecule has 1 saturated heterocycles. The van der Waals surface area contributed by atoms with E-state index in [4.69, 9.17) is 14.5 Å². The first-order chi connectivity index (χ1) is 20.7. The summed E-state index contributed by atoms with van der Waals surface area (Å²) in [6.45, 7) is 3.63. The first kappa shape index (κ1) is 28.3. The molecule has 0 spiro atoms. The fourth-order valence-corrected chi connectivity index (χ4v) is 6.20. The van der Waals surface area contributed by atoms with Gasteiger partial charge in [-0.1, -0.05) is 37.3 Å². The number of nitrogens with zero attached hydrogens (tertiary/aromatic N) is 2. The Hall–Kier alpha value is -4.85. The summed E-state index contributed by atoms with van der Waals surface area (Å²) in [6, 6.07) is 20.9. The SMILES string of the molecule is COc1ccc(C(=O)COC(=O)c2cc(-c3ccc(N4C(=O)C5CCC(C)CC5C4=O)cc3)nc3c(C)cccc23)cc1. The second-order valence-corrected chi connectivity index (χ2v) is 11.4. The lowest BCUT2D eigenvalue weighted by molar-refractivity contribution is -0.122. The number of aryl methyl sites for hydroxylation is 1. The monoisotopic (exact) mass is 576 g/mol. The van der Waals surface area contributed by atoms with Gasteiger partial charge in [0.1, 0.15) is 5.75 Å². The lowest BCUT2D eigenvalue weighted by atomic mass is 9.76. The van der Waals surface area contributed by atoms with Crippen molar-refractivity contribution in [2.45, 2.75) is 33.1 Å². The molecule has 4 aromatic rings. The zero-order valence-corrected chi connectivity index (χ0v) is 24.3. The molecule has 1 aliphatic heterocycles. The molecule has 3 unspecified atom stereocenters. The van der Waals surface area contributed by atoms with Gasteiger partial charge in [0.15, 0.2) is 12.4 Å². The molecular weight excluding hydrogens is 544 g/mol. The Bertz CT molecular complexity index is 1750. The molecule has 2 aliphatic rings. The number of Topliss-reactive ketones (excluding diaryl/α,β-unsaturated/α-hetero) is 1. The highest BCUT2D eigenvalue weighted by Gasteiger charge is 2.49. The number of ketones is 1. The van der Waals surface area contributed by atoms with Crippen LogP contribution >= 0.6 is 0 Å². The number of anilines is 1. The Balaban J connectivity index is 1.26. The van der Waals surface area contributed by atoms with E-state index in [0.29, 0.717) is 50.6 Å². The van der Waals surface area contributed by atoms with Gasteiger partial charge in [-0.05, 0) is 80.1 Å². The highest BCUT2D eigenvalue weighted by molar-refractivity contribution is 6.22. The minimum atomic E-state index is -0.636. The maximum absolute atomic E-state index is 13.3. The quantitative estimate of drug-likeness (QED) is 0.147. The van der Waals surface area contributed by atoms with Gasteiger partial charge >= 0.3 is 5.97 Å². The summed E-state index contributed by atoms with van der Waals surface area (Å²) in [7, 11) is 1.54. The second kappa shape index (κ2) is 11.4. The summed E-state index contributed by atoms with van der Waals surface area (Å²) in [5.41, 5.74) is 4.00. The number of pyridine rings is 1. The van der Waals surface area contributed by atoms with Gasteiger partial charge < -0.3 is 9.47 Å². The summed E-state index contributed by atoms with van der Waals surface area (Å²) < 4.78 is 10.6.